The summed E-state index contributed by atoms with van der Waals surface area (Å²) in [6.45, 7) is -1.78. The summed E-state index contributed by atoms with van der Waals surface area (Å²) < 4.78 is 79.3. The van der Waals surface area contributed by atoms with Gasteiger partial charge in [-0.25, -0.2) is 38.5 Å². The Morgan fingerprint density at radius 1 is 1.00 bits per heavy atom. The third-order valence-electron chi connectivity index (χ3n) is 11.4. The van der Waals surface area contributed by atoms with Crippen LogP contribution in [0.1, 0.15) is 37.3 Å². The largest absolute Gasteiger partial charge is 0.472 e. The van der Waals surface area contributed by atoms with Crippen molar-refractivity contribution in [3.8, 4) is 0 Å². The van der Waals surface area contributed by atoms with Crippen LogP contribution in [0.25, 0.3) is 21.6 Å². The molecule has 4 aliphatic rings. The van der Waals surface area contributed by atoms with Gasteiger partial charge in [-0.2, -0.15) is 4.98 Å². The highest BCUT2D eigenvalue weighted by atomic mass is 33.1. The summed E-state index contributed by atoms with van der Waals surface area (Å²) in [5.41, 5.74) is 20.6. The van der Waals surface area contributed by atoms with E-state index in [0.717, 1.165) is 10.9 Å². The molecule has 4 fully saturated rings. The van der Waals surface area contributed by atoms with E-state index >= 15 is 0 Å². The number of benzene rings is 1. The summed E-state index contributed by atoms with van der Waals surface area (Å²) in [7, 11) is -7.84. The standard InChI is InChI=1S/C37H46N12O18P2S2/c1-70-71-20-11-21(48(12-20)37(53)60-13-18-4-6-19(7-5-18)45-46-40)35(51)66-28-22(63-33(27(28)50)49-17-43-26-31(39)41-16-42-32(26)49)15-62-69(57,58)67-29-23(14-61-68(54,55)56)64-34(30(29)65-25-3-2-10-59-25)47-9-8-24(38)44-36(47)52/h4-9,16-17,20-23,25,27-30,33-34,50H,2-3,10-15H2,1H3,(H,57,58)(H2,38,44,52)(H2,39,41,42)(H2,54,55,56)/t20-,21+,22-,23-,25?,27-,28-,29-,30-,33-,34-/m1/s1. The number of rotatable bonds is 19. The van der Waals surface area contributed by atoms with Crippen molar-refractivity contribution in [3.63, 3.8) is 0 Å². The van der Waals surface area contributed by atoms with Crippen LogP contribution in [0.3, 0.4) is 0 Å². The van der Waals surface area contributed by atoms with Crippen LogP contribution >= 0.6 is 37.2 Å². The first-order valence-electron chi connectivity index (χ1n) is 21.3. The summed E-state index contributed by atoms with van der Waals surface area (Å²) in [6.07, 6.45) is -8.51. The molecular weight excluding hydrogens is 1030 g/mol. The van der Waals surface area contributed by atoms with Gasteiger partial charge in [0.25, 0.3) is 0 Å². The molecule has 71 heavy (non-hydrogen) atoms. The lowest BCUT2D eigenvalue weighted by molar-refractivity contribution is -0.181. The second-order valence-electron chi connectivity index (χ2n) is 16.0. The number of esters is 1. The van der Waals surface area contributed by atoms with Crippen molar-refractivity contribution in [2.75, 3.05) is 44.1 Å². The number of aromatic nitrogens is 6. The van der Waals surface area contributed by atoms with Crippen molar-refractivity contribution in [2.24, 2.45) is 5.11 Å². The molecule has 3 aromatic heterocycles. The molecule has 12 atom stereocenters. The van der Waals surface area contributed by atoms with E-state index < -0.39 is 108 Å². The minimum atomic E-state index is -5.45. The Hall–Kier alpha value is -4.98. The quantitative estimate of drug-likeness (QED) is 0.0196. The minimum Gasteiger partial charge on any atom is -0.455 e. The molecule has 7 heterocycles. The number of nitrogens with zero attached hydrogens (tertiary/aromatic N) is 10. The van der Waals surface area contributed by atoms with Crippen molar-refractivity contribution < 1.29 is 80.5 Å². The van der Waals surface area contributed by atoms with E-state index in [-0.39, 0.29) is 54.2 Å². The van der Waals surface area contributed by atoms with Crippen LogP contribution in [-0.2, 0) is 62.5 Å². The molecule has 4 aromatic rings. The molecule has 1 amide bonds. The molecule has 1 aromatic carbocycles. The minimum absolute atomic E-state index is 0.0135. The number of azide groups is 1. The van der Waals surface area contributed by atoms with Gasteiger partial charge in [-0.05, 0) is 36.3 Å². The number of phosphoric acid groups is 2. The monoisotopic (exact) mass is 1070 g/mol. The normalized spacial score (nSPS) is 28.5. The zero-order valence-electron chi connectivity index (χ0n) is 37.0. The summed E-state index contributed by atoms with van der Waals surface area (Å²) in [5.74, 6) is -1.17. The van der Waals surface area contributed by atoms with Crippen LogP contribution in [0.5, 0.6) is 0 Å². The number of hydrogen-bond donors (Lipinski definition) is 6. The lowest BCUT2D eigenvalue weighted by atomic mass is 10.1. The number of ether oxygens (including phenoxy) is 6. The van der Waals surface area contributed by atoms with E-state index in [1.807, 2.05) is 6.26 Å². The van der Waals surface area contributed by atoms with Crippen LogP contribution in [0.4, 0.5) is 22.1 Å². The van der Waals surface area contributed by atoms with E-state index in [0.29, 0.717) is 24.1 Å². The van der Waals surface area contributed by atoms with Gasteiger partial charge in [0.2, 0.25) is 0 Å². The molecule has 0 radical (unpaired) electrons. The number of anilines is 2. The maximum Gasteiger partial charge on any atom is 0.472 e. The molecule has 0 aliphatic carbocycles. The predicted molar refractivity (Wildman–Crippen MR) is 244 cm³/mol. The van der Waals surface area contributed by atoms with Crippen LogP contribution < -0.4 is 17.2 Å². The van der Waals surface area contributed by atoms with Gasteiger partial charge in [0, 0.05) is 41.6 Å². The number of amides is 1. The van der Waals surface area contributed by atoms with Crippen LogP contribution in [0.15, 0.2) is 59.1 Å². The van der Waals surface area contributed by atoms with Gasteiger partial charge in [-0.1, -0.05) is 51.0 Å². The topological polar surface area (TPSA) is 415 Å². The maximum atomic E-state index is 14.3. The Kier molecular flexibility index (Phi) is 16.5. The summed E-state index contributed by atoms with van der Waals surface area (Å²) >= 11 is 0. The molecule has 8 N–H and O–H groups in total. The molecule has 384 valence electrons. The fourth-order valence-corrected chi connectivity index (χ4v) is 11.5. The number of carbonyl (C=O) groups excluding carboxylic acids is 2. The first-order chi connectivity index (χ1) is 33.9. The van der Waals surface area contributed by atoms with Crippen LogP contribution in [-0.4, -0.2) is 153 Å². The molecule has 8 rings (SSSR count). The second-order valence-corrected chi connectivity index (χ2v) is 21.4. The number of imidazole rings is 1. The van der Waals surface area contributed by atoms with Crippen molar-refractivity contribution in [1.29, 1.82) is 0 Å². The van der Waals surface area contributed by atoms with E-state index in [1.54, 1.807) is 12.1 Å². The first kappa shape index (κ1) is 52.3. The Balaban J connectivity index is 1.04. The molecule has 0 spiro atoms. The Bertz CT molecular complexity index is 2770. The average molecular weight is 1070 g/mol. The highest BCUT2D eigenvalue weighted by Crippen LogP contribution is 2.51. The highest BCUT2D eigenvalue weighted by molar-refractivity contribution is 8.76. The van der Waals surface area contributed by atoms with Gasteiger partial charge in [-0.15, -0.1) is 0 Å². The number of nitrogen functional groups attached to an aromatic ring is 2. The van der Waals surface area contributed by atoms with Crippen LogP contribution in [0, 0.1) is 0 Å². The second kappa shape index (κ2) is 22.4. The van der Waals surface area contributed by atoms with Gasteiger partial charge in [0.15, 0.2) is 36.3 Å². The van der Waals surface area contributed by atoms with Gasteiger partial charge in [0.05, 0.1) is 19.5 Å². The fraction of sp³-hybridized carbons (Fsp3) is 0.541. The summed E-state index contributed by atoms with van der Waals surface area (Å²) in [6, 6.07) is 6.25. The summed E-state index contributed by atoms with van der Waals surface area (Å²) in [4.78, 5) is 91.4. The Morgan fingerprint density at radius 2 is 1.75 bits per heavy atom. The number of aliphatic hydroxyl groups is 1. The molecule has 4 saturated heterocycles. The smallest absolute Gasteiger partial charge is 0.455 e. The number of likely N-dealkylation sites (tertiary alicyclic amines) is 1. The van der Waals surface area contributed by atoms with Gasteiger partial charge >= 0.3 is 33.4 Å². The van der Waals surface area contributed by atoms with E-state index in [9.17, 15) is 43.3 Å². The van der Waals surface area contributed by atoms with E-state index in [2.05, 4.69) is 30.0 Å². The maximum absolute atomic E-state index is 14.3. The number of hydrogen-bond acceptors (Lipinski definition) is 24. The third kappa shape index (κ3) is 12.4. The number of phosphoric ester groups is 2. The fourth-order valence-electron chi connectivity index (χ4n) is 8.18. The Morgan fingerprint density at radius 3 is 2.45 bits per heavy atom. The average Bonchev–Trinajstić information content (AvgIpc) is 4.18. The van der Waals surface area contributed by atoms with Crippen molar-refractivity contribution in [1.82, 2.24) is 34.0 Å². The Labute approximate surface area is 408 Å². The number of fused-ring (bicyclic) bond motifs is 1. The van der Waals surface area contributed by atoms with E-state index in [4.69, 9.17) is 59.0 Å². The first-order valence-corrected chi connectivity index (χ1v) is 26.9. The molecule has 2 unspecified atom stereocenters. The number of carbonyl (C=O) groups is 2. The molecule has 4 aliphatic heterocycles. The number of aliphatic hydroxyl groups excluding tert-OH is 1. The SMILES string of the molecule is CSS[C@@H]1C[C@@H](C(=O)O[C@H]2[C@@H](O)[C@H](n3cnc4c(N)ncnc43)O[C@@H]2COP(=O)(O)O[C@H]2[C@@H](OC3CCCO3)[C@H](n3ccc(N)nc3=O)O[C@@H]2COP(=O)(O)O)N(C(=O)OCc2ccc(N=[N+]=[N-])cc2)C1. The molecular formula is C37H46N12O18P2S2. The summed E-state index contributed by atoms with van der Waals surface area (Å²) in [5, 5.41) is 15.2. The van der Waals surface area contributed by atoms with Crippen molar-refractivity contribution in [3.05, 3.63) is 75.7 Å². The molecule has 30 nitrogen and oxygen atoms in total. The zero-order valence-corrected chi connectivity index (χ0v) is 40.4. The zero-order chi connectivity index (χ0) is 50.6. The van der Waals surface area contributed by atoms with Gasteiger partial charge in [0.1, 0.15) is 60.8 Å². The third-order valence-corrected chi connectivity index (χ3v) is 15.0. The molecule has 34 heteroatoms. The van der Waals surface area contributed by atoms with Crippen LogP contribution in [0.2, 0.25) is 0 Å². The van der Waals surface area contributed by atoms with Gasteiger partial charge in [-0.3, -0.25) is 27.6 Å². The predicted octanol–water partition coefficient (Wildman–Crippen LogP) is 2.18. The lowest BCUT2D eigenvalue weighted by Crippen LogP contribution is -2.46. The molecule has 0 bridgehead atoms. The van der Waals surface area contributed by atoms with Gasteiger partial charge < -0.3 is 59.7 Å². The number of nitrogens with two attached hydrogens (primary N) is 2. The van der Waals surface area contributed by atoms with E-state index in [1.165, 1.54) is 61.8 Å². The molecule has 0 saturated carbocycles. The highest BCUT2D eigenvalue weighted by Gasteiger charge is 2.54. The van der Waals surface area contributed by atoms with Crippen molar-refractivity contribution >= 4 is 77.8 Å². The van der Waals surface area contributed by atoms with Crippen molar-refractivity contribution in [2.45, 2.75) is 92.5 Å². The lowest BCUT2D eigenvalue weighted by Gasteiger charge is -2.29.